The second-order valence-electron chi connectivity index (χ2n) is 2.34. The number of rotatable bonds is 3. The zero-order valence-corrected chi connectivity index (χ0v) is 10.9. The van der Waals surface area contributed by atoms with Crippen LogP contribution in [0.2, 0.25) is 0 Å². The van der Waals surface area contributed by atoms with E-state index in [2.05, 4.69) is 20.2 Å². The van der Waals surface area contributed by atoms with Gasteiger partial charge in [-0.05, 0) is 28.1 Å². The largest absolute Gasteiger partial charge is 0.396 e. The first-order valence-electron chi connectivity index (χ1n) is 3.48. The van der Waals surface area contributed by atoms with Gasteiger partial charge in [0.1, 0.15) is 12.2 Å². The van der Waals surface area contributed by atoms with Crippen LogP contribution in [0.25, 0.3) is 0 Å². The molecule has 0 unspecified atom stereocenters. The number of para-hydroxylation sites is 1. The molecule has 0 bridgehead atoms. The summed E-state index contributed by atoms with van der Waals surface area (Å²) in [6, 6.07) is 5.65. The Bertz CT molecular complexity index is 300. The molecule has 4 N–H and O–H groups in total. The first kappa shape index (κ1) is 13.9. The predicted molar refractivity (Wildman–Crippen MR) is 70.2 cm³/mol. The lowest BCUT2D eigenvalue weighted by Gasteiger charge is -2.17. The summed E-state index contributed by atoms with van der Waals surface area (Å²) >= 11 is 4.35. The van der Waals surface area contributed by atoms with Crippen LogP contribution in [0, 0.1) is 0 Å². The van der Waals surface area contributed by atoms with Gasteiger partial charge in [0.2, 0.25) is 0 Å². The van der Waals surface area contributed by atoms with Crippen LogP contribution >= 0.6 is 41.7 Å². The molecular weight excluding hydrogens is 286 g/mol. The average Bonchev–Trinajstić information content (AvgIpc) is 2.10. The minimum Gasteiger partial charge on any atom is -0.396 e. The van der Waals surface area contributed by atoms with Gasteiger partial charge in [-0.25, -0.2) is 10.2 Å². The summed E-state index contributed by atoms with van der Waals surface area (Å²) in [6.07, 6.45) is 0. The highest BCUT2D eigenvalue weighted by Crippen LogP contribution is 2.32. The molecule has 80 valence electrons. The highest BCUT2D eigenvalue weighted by molar-refractivity contribution is 9.10. The molecule has 0 saturated carbocycles. The molecule has 1 rings (SSSR count). The van der Waals surface area contributed by atoms with Crippen LogP contribution in [0.4, 0.5) is 11.4 Å². The van der Waals surface area contributed by atoms with Crippen molar-refractivity contribution in [2.24, 2.45) is 5.90 Å². The van der Waals surface area contributed by atoms with E-state index in [1.807, 2.05) is 25.2 Å². The molecule has 0 amide bonds. The Morgan fingerprint density at radius 2 is 2.14 bits per heavy atom. The number of hydrogen-bond donors (Lipinski definition) is 2. The van der Waals surface area contributed by atoms with Gasteiger partial charge in [0, 0.05) is 11.5 Å². The third-order valence-electron chi connectivity index (χ3n) is 1.52. The average molecular weight is 298 g/mol. The number of hydrogen-bond acceptors (Lipinski definition) is 5. The molecule has 0 heterocycles. The van der Waals surface area contributed by atoms with Crippen molar-refractivity contribution in [2.45, 2.75) is 0 Å². The summed E-state index contributed by atoms with van der Waals surface area (Å²) in [7, 11) is 1.82. The van der Waals surface area contributed by atoms with E-state index in [0.717, 1.165) is 22.4 Å². The molecule has 0 aliphatic rings. The maximum Gasteiger partial charge on any atom is 0.135 e. The highest BCUT2D eigenvalue weighted by atomic mass is 79.9. The summed E-state index contributed by atoms with van der Waals surface area (Å²) in [6.45, 7) is 0. The molecule has 0 aliphatic carbocycles. The predicted octanol–water partition coefficient (Wildman–Crippen LogP) is 2.03. The van der Waals surface area contributed by atoms with Gasteiger partial charge >= 0.3 is 0 Å². The molecule has 0 fully saturated rings. The van der Waals surface area contributed by atoms with E-state index in [-0.39, 0.29) is 13.5 Å². The van der Waals surface area contributed by atoms with E-state index in [9.17, 15) is 0 Å². The fraction of sp³-hybridized carbons (Fsp3) is 0.143. The smallest absolute Gasteiger partial charge is 0.135 e. The SMILES string of the molecule is CN(SON)c1cccc(Br)c1N.S. The van der Waals surface area contributed by atoms with Crippen molar-refractivity contribution in [3.8, 4) is 0 Å². The Morgan fingerprint density at radius 3 is 2.71 bits per heavy atom. The maximum atomic E-state index is 5.82. The Labute approximate surface area is 103 Å². The van der Waals surface area contributed by atoms with Gasteiger partial charge in [-0.15, -0.1) is 0 Å². The Kier molecular flexibility index (Phi) is 6.38. The number of anilines is 2. The van der Waals surface area contributed by atoms with Crippen LogP contribution in [0.1, 0.15) is 0 Å². The van der Waals surface area contributed by atoms with Crippen molar-refractivity contribution in [1.29, 1.82) is 0 Å². The Morgan fingerprint density at radius 1 is 1.50 bits per heavy atom. The topological polar surface area (TPSA) is 64.5 Å². The molecule has 1 aromatic rings. The second-order valence-corrected chi connectivity index (χ2v) is 4.08. The lowest BCUT2D eigenvalue weighted by molar-refractivity contribution is 0.397. The first-order valence-corrected chi connectivity index (χ1v) is 4.97. The van der Waals surface area contributed by atoms with E-state index in [1.54, 1.807) is 4.31 Å². The van der Waals surface area contributed by atoms with Crippen molar-refractivity contribution in [1.82, 2.24) is 0 Å². The van der Waals surface area contributed by atoms with Gasteiger partial charge in [0.15, 0.2) is 0 Å². The van der Waals surface area contributed by atoms with Gasteiger partial charge in [-0.3, -0.25) is 4.31 Å². The Balaban J connectivity index is 0.00000169. The Hall–Kier alpha value is -0.0800. The van der Waals surface area contributed by atoms with Crippen molar-refractivity contribution >= 4 is 53.0 Å². The number of nitrogens with two attached hydrogens (primary N) is 2. The number of nitrogen functional groups attached to an aromatic ring is 1. The third kappa shape index (κ3) is 3.25. The van der Waals surface area contributed by atoms with Crippen molar-refractivity contribution in [2.75, 3.05) is 17.1 Å². The zero-order valence-electron chi connectivity index (χ0n) is 7.53. The number of halogens is 1. The molecule has 14 heavy (non-hydrogen) atoms. The fourth-order valence-corrected chi connectivity index (χ4v) is 1.63. The van der Waals surface area contributed by atoms with Gasteiger partial charge in [0.25, 0.3) is 0 Å². The van der Waals surface area contributed by atoms with Gasteiger partial charge in [-0.1, -0.05) is 6.07 Å². The molecule has 1 aromatic carbocycles. The lowest BCUT2D eigenvalue weighted by Crippen LogP contribution is -2.11. The molecule has 0 radical (unpaired) electrons. The number of benzene rings is 1. The monoisotopic (exact) mass is 297 g/mol. The van der Waals surface area contributed by atoms with E-state index in [1.165, 1.54) is 0 Å². The van der Waals surface area contributed by atoms with Crippen LogP contribution in [-0.4, -0.2) is 7.05 Å². The molecule has 0 aliphatic heterocycles. The minimum atomic E-state index is 0. The minimum absolute atomic E-state index is 0. The summed E-state index contributed by atoms with van der Waals surface area (Å²) in [5.74, 6) is 4.92. The van der Waals surface area contributed by atoms with E-state index < -0.39 is 0 Å². The van der Waals surface area contributed by atoms with Gasteiger partial charge < -0.3 is 5.73 Å². The van der Waals surface area contributed by atoms with Crippen LogP contribution < -0.4 is 15.9 Å². The van der Waals surface area contributed by atoms with Crippen LogP contribution in [0.3, 0.4) is 0 Å². The molecule has 0 saturated heterocycles. The number of nitrogens with zero attached hydrogens (tertiary/aromatic N) is 1. The van der Waals surface area contributed by atoms with E-state index in [0.29, 0.717) is 5.69 Å². The molecule has 4 nitrogen and oxygen atoms in total. The third-order valence-corrected chi connectivity index (χ3v) is 2.72. The van der Waals surface area contributed by atoms with Crippen LogP contribution in [0.15, 0.2) is 22.7 Å². The highest BCUT2D eigenvalue weighted by Gasteiger charge is 2.07. The van der Waals surface area contributed by atoms with Crippen LogP contribution in [-0.2, 0) is 4.28 Å². The van der Waals surface area contributed by atoms with Crippen LogP contribution in [0.5, 0.6) is 0 Å². The van der Waals surface area contributed by atoms with E-state index in [4.69, 9.17) is 11.6 Å². The van der Waals surface area contributed by atoms with Gasteiger partial charge in [0.05, 0.1) is 11.4 Å². The summed E-state index contributed by atoms with van der Waals surface area (Å²) in [4.78, 5) is 0. The summed E-state index contributed by atoms with van der Waals surface area (Å²) in [5, 5.41) is 0. The summed E-state index contributed by atoms with van der Waals surface area (Å²) in [5.41, 5.74) is 7.33. The molecule has 0 aromatic heterocycles. The lowest BCUT2D eigenvalue weighted by atomic mass is 10.3. The van der Waals surface area contributed by atoms with Crippen molar-refractivity contribution in [3.05, 3.63) is 22.7 Å². The quantitative estimate of drug-likeness (QED) is 0.387. The van der Waals surface area contributed by atoms with E-state index >= 15 is 0 Å². The first-order chi connectivity index (χ1) is 6.16. The summed E-state index contributed by atoms with van der Waals surface area (Å²) < 4.78 is 7.02. The standard InChI is InChI=1S/C7H10BrN3OS.H2S/c1-11(13-12-10)6-4-2-3-5(8)7(6)9;/h2-4H,9-10H2,1H3;1H2. The van der Waals surface area contributed by atoms with Crippen molar-refractivity contribution < 1.29 is 4.28 Å². The molecule has 0 spiro atoms. The van der Waals surface area contributed by atoms with Crippen molar-refractivity contribution in [3.63, 3.8) is 0 Å². The maximum absolute atomic E-state index is 5.82. The fourth-order valence-electron chi connectivity index (χ4n) is 0.905. The van der Waals surface area contributed by atoms with Gasteiger partial charge in [-0.2, -0.15) is 13.5 Å². The molecule has 7 heteroatoms. The normalized spacial score (nSPS) is 9.36. The molecule has 0 atom stereocenters. The zero-order chi connectivity index (χ0) is 9.84. The molecular formula is C7H12BrN3OS2. The second kappa shape index (κ2) is 6.41.